The first-order valence-electron chi connectivity index (χ1n) is 5.17. The van der Waals surface area contributed by atoms with Crippen LogP contribution >= 0.6 is 15.9 Å². The van der Waals surface area contributed by atoms with Gasteiger partial charge >= 0.3 is 0 Å². The lowest BCUT2D eigenvalue weighted by Gasteiger charge is -2.06. The van der Waals surface area contributed by atoms with Gasteiger partial charge in [-0.3, -0.25) is 0 Å². The molecule has 2 aromatic carbocycles. The minimum Gasteiger partial charge on any atom is -0.457 e. The summed E-state index contributed by atoms with van der Waals surface area (Å²) in [6.07, 6.45) is 0. The van der Waals surface area contributed by atoms with E-state index >= 15 is 0 Å². The number of rotatable bonds is 4. The zero-order valence-electron chi connectivity index (χ0n) is 9.06. The number of hydroxylamine groups is 1. The van der Waals surface area contributed by atoms with E-state index in [9.17, 15) is 0 Å². The first-order chi connectivity index (χ1) is 8.28. The first-order valence-corrected chi connectivity index (χ1v) is 5.96. The van der Waals surface area contributed by atoms with Gasteiger partial charge in [0.1, 0.15) is 11.5 Å². The third kappa shape index (κ3) is 3.56. The number of hydrogen-bond donors (Lipinski definition) is 2. The molecule has 88 valence electrons. The Kier molecular flexibility index (Phi) is 4.14. The third-order valence-electron chi connectivity index (χ3n) is 2.26. The molecule has 0 aromatic heterocycles. The predicted molar refractivity (Wildman–Crippen MR) is 69.3 cm³/mol. The maximum Gasteiger partial charge on any atom is 0.127 e. The lowest BCUT2D eigenvalue weighted by molar-refractivity contribution is 0.161. The topological polar surface area (TPSA) is 41.5 Å². The summed E-state index contributed by atoms with van der Waals surface area (Å²) in [5.74, 6) is 1.57. The molecule has 0 fully saturated rings. The highest BCUT2D eigenvalue weighted by molar-refractivity contribution is 9.10. The molecule has 0 radical (unpaired) electrons. The highest BCUT2D eigenvalue weighted by atomic mass is 79.9. The fourth-order valence-corrected chi connectivity index (χ4v) is 1.67. The maximum atomic E-state index is 8.56. The van der Waals surface area contributed by atoms with Gasteiger partial charge in [0, 0.05) is 11.0 Å². The Balaban J connectivity index is 2.05. The molecule has 2 rings (SSSR count). The SMILES string of the molecule is ONCc1ccc(Oc2ccc(Br)cc2)cc1. The van der Waals surface area contributed by atoms with Crippen molar-refractivity contribution < 1.29 is 9.94 Å². The van der Waals surface area contributed by atoms with Crippen LogP contribution in [-0.2, 0) is 6.54 Å². The van der Waals surface area contributed by atoms with Crippen LogP contribution in [0.2, 0.25) is 0 Å². The van der Waals surface area contributed by atoms with Crippen LogP contribution in [0, 0.1) is 0 Å². The molecule has 0 saturated heterocycles. The van der Waals surface area contributed by atoms with Crippen molar-refractivity contribution in [3.8, 4) is 11.5 Å². The normalized spacial score (nSPS) is 10.2. The molecule has 0 aliphatic heterocycles. The van der Waals surface area contributed by atoms with Gasteiger partial charge in [0.05, 0.1) is 0 Å². The molecular weight excluding hydrogens is 282 g/mol. The Labute approximate surface area is 108 Å². The van der Waals surface area contributed by atoms with Gasteiger partial charge in [0.15, 0.2) is 0 Å². The fraction of sp³-hybridized carbons (Fsp3) is 0.0769. The number of hydrogen-bond acceptors (Lipinski definition) is 3. The summed E-state index contributed by atoms with van der Waals surface area (Å²) in [6.45, 7) is 0.429. The van der Waals surface area contributed by atoms with Gasteiger partial charge in [-0.1, -0.05) is 28.1 Å². The van der Waals surface area contributed by atoms with Gasteiger partial charge < -0.3 is 9.94 Å². The van der Waals surface area contributed by atoms with Crippen LogP contribution in [-0.4, -0.2) is 5.21 Å². The molecular formula is C13H12BrNO2. The van der Waals surface area contributed by atoms with E-state index in [1.54, 1.807) is 0 Å². The lowest BCUT2D eigenvalue weighted by Crippen LogP contribution is -2.05. The van der Waals surface area contributed by atoms with E-state index in [0.29, 0.717) is 6.54 Å². The second-order valence-corrected chi connectivity index (χ2v) is 4.45. The maximum absolute atomic E-state index is 8.56. The Morgan fingerprint density at radius 1 is 0.941 bits per heavy atom. The number of ether oxygens (including phenoxy) is 1. The number of benzene rings is 2. The summed E-state index contributed by atoms with van der Waals surface area (Å²) in [7, 11) is 0. The summed E-state index contributed by atoms with van der Waals surface area (Å²) in [6, 6.07) is 15.2. The van der Waals surface area contributed by atoms with Gasteiger partial charge in [0.25, 0.3) is 0 Å². The molecule has 17 heavy (non-hydrogen) atoms. The van der Waals surface area contributed by atoms with Crippen molar-refractivity contribution in [2.75, 3.05) is 0 Å². The molecule has 0 aliphatic rings. The molecule has 0 bridgehead atoms. The molecule has 0 unspecified atom stereocenters. The molecule has 2 N–H and O–H groups in total. The van der Waals surface area contributed by atoms with Crippen molar-refractivity contribution in [1.82, 2.24) is 5.48 Å². The summed E-state index contributed by atoms with van der Waals surface area (Å²) >= 11 is 3.37. The molecule has 0 atom stereocenters. The van der Waals surface area contributed by atoms with Crippen LogP contribution in [0.5, 0.6) is 11.5 Å². The van der Waals surface area contributed by atoms with E-state index in [0.717, 1.165) is 21.5 Å². The van der Waals surface area contributed by atoms with Crippen LogP contribution in [0.25, 0.3) is 0 Å². The quantitative estimate of drug-likeness (QED) is 0.844. The average Bonchev–Trinajstić information content (AvgIpc) is 2.35. The van der Waals surface area contributed by atoms with E-state index in [2.05, 4.69) is 21.4 Å². The number of nitrogens with one attached hydrogen (secondary N) is 1. The molecule has 3 nitrogen and oxygen atoms in total. The Morgan fingerprint density at radius 3 is 2.00 bits per heavy atom. The second kappa shape index (κ2) is 5.82. The minimum atomic E-state index is 0.429. The Bertz CT molecular complexity index is 468. The summed E-state index contributed by atoms with van der Waals surface area (Å²) in [5.41, 5.74) is 3.11. The van der Waals surface area contributed by atoms with E-state index in [1.807, 2.05) is 48.5 Å². The smallest absolute Gasteiger partial charge is 0.127 e. The summed E-state index contributed by atoms with van der Waals surface area (Å²) in [4.78, 5) is 0. The lowest BCUT2D eigenvalue weighted by atomic mass is 10.2. The van der Waals surface area contributed by atoms with Crippen LogP contribution in [0.3, 0.4) is 0 Å². The monoisotopic (exact) mass is 293 g/mol. The molecule has 4 heteroatoms. The van der Waals surface area contributed by atoms with Gasteiger partial charge in [-0.05, 0) is 42.0 Å². The molecule has 0 aliphatic carbocycles. The van der Waals surface area contributed by atoms with Gasteiger partial charge in [-0.2, -0.15) is 0 Å². The van der Waals surface area contributed by atoms with Crippen molar-refractivity contribution in [3.05, 3.63) is 58.6 Å². The van der Waals surface area contributed by atoms with Crippen molar-refractivity contribution in [1.29, 1.82) is 0 Å². The number of halogens is 1. The van der Waals surface area contributed by atoms with E-state index < -0.39 is 0 Å². The van der Waals surface area contributed by atoms with Crippen LogP contribution in [0.4, 0.5) is 0 Å². The van der Waals surface area contributed by atoms with Gasteiger partial charge in [-0.15, -0.1) is 0 Å². The predicted octanol–water partition coefficient (Wildman–Crippen LogP) is 3.72. The van der Waals surface area contributed by atoms with Crippen molar-refractivity contribution in [2.45, 2.75) is 6.54 Å². The van der Waals surface area contributed by atoms with Gasteiger partial charge in [0.2, 0.25) is 0 Å². The highest BCUT2D eigenvalue weighted by Gasteiger charge is 1.97. The molecule has 0 saturated carbocycles. The zero-order valence-corrected chi connectivity index (χ0v) is 10.6. The van der Waals surface area contributed by atoms with E-state index in [1.165, 1.54) is 0 Å². The first kappa shape index (κ1) is 12.1. The molecule has 0 spiro atoms. The van der Waals surface area contributed by atoms with Crippen LogP contribution in [0.1, 0.15) is 5.56 Å². The summed E-state index contributed by atoms with van der Waals surface area (Å²) in [5, 5.41) is 8.56. The fourth-order valence-electron chi connectivity index (χ4n) is 1.41. The van der Waals surface area contributed by atoms with Crippen LogP contribution < -0.4 is 10.2 Å². The van der Waals surface area contributed by atoms with E-state index in [-0.39, 0.29) is 0 Å². The second-order valence-electron chi connectivity index (χ2n) is 3.53. The average molecular weight is 294 g/mol. The molecule has 0 amide bonds. The minimum absolute atomic E-state index is 0.429. The van der Waals surface area contributed by atoms with Crippen molar-refractivity contribution in [3.63, 3.8) is 0 Å². The van der Waals surface area contributed by atoms with E-state index in [4.69, 9.17) is 9.94 Å². The highest BCUT2D eigenvalue weighted by Crippen LogP contribution is 2.23. The molecule has 2 aromatic rings. The molecule has 0 heterocycles. The standard InChI is InChI=1S/C13H12BrNO2/c14-11-3-7-13(8-4-11)17-12-5-1-10(2-6-12)9-15-16/h1-8,15-16H,9H2. The van der Waals surface area contributed by atoms with Gasteiger partial charge in [-0.25, -0.2) is 5.48 Å². The van der Waals surface area contributed by atoms with Crippen LogP contribution in [0.15, 0.2) is 53.0 Å². The Hall–Kier alpha value is -1.36. The van der Waals surface area contributed by atoms with Crippen molar-refractivity contribution in [2.24, 2.45) is 0 Å². The Morgan fingerprint density at radius 2 is 1.47 bits per heavy atom. The zero-order chi connectivity index (χ0) is 12.1. The third-order valence-corrected chi connectivity index (χ3v) is 2.78. The largest absolute Gasteiger partial charge is 0.457 e. The summed E-state index contributed by atoms with van der Waals surface area (Å²) < 4.78 is 6.69. The van der Waals surface area contributed by atoms with Crippen molar-refractivity contribution >= 4 is 15.9 Å².